The van der Waals surface area contributed by atoms with Gasteiger partial charge in [-0.3, -0.25) is 4.98 Å². The van der Waals surface area contributed by atoms with Crippen molar-refractivity contribution in [1.29, 1.82) is 0 Å². The highest BCUT2D eigenvalue weighted by Crippen LogP contribution is 2.31. The van der Waals surface area contributed by atoms with Gasteiger partial charge in [0.15, 0.2) is 0 Å². The van der Waals surface area contributed by atoms with Crippen molar-refractivity contribution < 1.29 is 0 Å². The minimum Gasteiger partial charge on any atom is -0.255 e. The molecule has 0 saturated carbocycles. The number of thiophene rings is 1. The van der Waals surface area contributed by atoms with Crippen molar-refractivity contribution >= 4 is 22.9 Å². The van der Waals surface area contributed by atoms with E-state index < -0.39 is 0 Å². The first-order valence-electron chi connectivity index (χ1n) is 3.52. The lowest BCUT2D eigenvalue weighted by Crippen LogP contribution is -1.76. The van der Waals surface area contributed by atoms with Gasteiger partial charge in [0, 0.05) is 6.20 Å². The summed E-state index contributed by atoms with van der Waals surface area (Å²) < 4.78 is 0. The highest BCUT2D eigenvalue weighted by Gasteiger charge is 2.03. The Bertz CT molecular complexity index is 369. The number of halogens is 1. The van der Waals surface area contributed by atoms with Crippen LogP contribution in [0.4, 0.5) is 0 Å². The van der Waals surface area contributed by atoms with Crippen LogP contribution < -0.4 is 0 Å². The maximum Gasteiger partial charge on any atom is 0.0816 e. The molecule has 1 nitrogen and oxygen atoms in total. The average molecular weight is 196 g/mol. The normalized spacial score (nSPS) is 10.1. The number of nitrogens with zero attached hydrogens (tertiary/aromatic N) is 1. The van der Waals surface area contributed by atoms with Crippen molar-refractivity contribution in [2.45, 2.75) is 0 Å². The molecule has 0 aromatic carbocycles. The zero-order chi connectivity index (χ0) is 8.39. The van der Waals surface area contributed by atoms with E-state index in [1.54, 1.807) is 17.5 Å². The molecule has 0 aliphatic rings. The molecule has 0 saturated heterocycles. The first kappa shape index (κ1) is 7.77. The quantitative estimate of drug-likeness (QED) is 0.679. The smallest absolute Gasteiger partial charge is 0.0816 e. The van der Waals surface area contributed by atoms with E-state index in [9.17, 15) is 0 Å². The number of rotatable bonds is 1. The summed E-state index contributed by atoms with van der Waals surface area (Å²) in [5.41, 5.74) is 0.942. The SMILES string of the molecule is Clc1ccsc1-c1ccccn1. The molecule has 2 aromatic rings. The highest BCUT2D eigenvalue weighted by molar-refractivity contribution is 7.14. The van der Waals surface area contributed by atoms with Crippen LogP contribution in [0.1, 0.15) is 0 Å². The van der Waals surface area contributed by atoms with Crippen molar-refractivity contribution in [3.05, 3.63) is 40.9 Å². The Balaban J connectivity index is 2.51. The molecule has 0 spiro atoms. The summed E-state index contributed by atoms with van der Waals surface area (Å²) in [6.45, 7) is 0. The molecule has 0 aliphatic carbocycles. The third kappa shape index (κ3) is 1.36. The first-order chi connectivity index (χ1) is 5.88. The van der Waals surface area contributed by atoms with Crippen LogP contribution in [0.15, 0.2) is 35.8 Å². The molecule has 60 valence electrons. The first-order valence-corrected chi connectivity index (χ1v) is 4.78. The second kappa shape index (κ2) is 3.25. The number of aromatic nitrogens is 1. The molecule has 0 aliphatic heterocycles. The Hall–Kier alpha value is -0.860. The number of hydrogen-bond acceptors (Lipinski definition) is 2. The lowest BCUT2D eigenvalue weighted by molar-refractivity contribution is 1.34. The Kier molecular flexibility index (Phi) is 2.11. The van der Waals surface area contributed by atoms with Gasteiger partial charge < -0.3 is 0 Å². The lowest BCUT2D eigenvalue weighted by atomic mass is 10.3. The van der Waals surface area contributed by atoms with E-state index in [1.807, 2.05) is 29.6 Å². The predicted octanol–water partition coefficient (Wildman–Crippen LogP) is 3.46. The van der Waals surface area contributed by atoms with Gasteiger partial charge in [0.1, 0.15) is 0 Å². The van der Waals surface area contributed by atoms with E-state index in [1.165, 1.54) is 0 Å². The molecule has 0 atom stereocenters. The molecule has 2 aromatic heterocycles. The minimum atomic E-state index is 0.777. The van der Waals surface area contributed by atoms with Crippen LogP contribution in [-0.4, -0.2) is 4.98 Å². The fraction of sp³-hybridized carbons (Fsp3) is 0. The zero-order valence-electron chi connectivity index (χ0n) is 6.20. The molecular weight excluding hydrogens is 190 g/mol. The molecule has 0 bridgehead atoms. The standard InChI is InChI=1S/C9H6ClNS/c10-7-4-6-12-9(7)8-3-1-2-5-11-8/h1-6H. The summed E-state index contributed by atoms with van der Waals surface area (Å²) in [5.74, 6) is 0. The molecule has 12 heavy (non-hydrogen) atoms. The largest absolute Gasteiger partial charge is 0.255 e. The topological polar surface area (TPSA) is 12.9 Å². The van der Waals surface area contributed by atoms with E-state index in [0.717, 1.165) is 15.6 Å². The van der Waals surface area contributed by atoms with Crippen molar-refractivity contribution in [2.75, 3.05) is 0 Å². The zero-order valence-corrected chi connectivity index (χ0v) is 7.77. The lowest BCUT2D eigenvalue weighted by Gasteiger charge is -1.94. The molecule has 0 fully saturated rings. The van der Waals surface area contributed by atoms with Gasteiger partial charge in [0.2, 0.25) is 0 Å². The van der Waals surface area contributed by atoms with Crippen LogP contribution in [0.2, 0.25) is 5.02 Å². The van der Waals surface area contributed by atoms with Gasteiger partial charge in [-0.25, -0.2) is 0 Å². The average Bonchev–Trinajstić information content (AvgIpc) is 2.53. The maximum atomic E-state index is 5.94. The summed E-state index contributed by atoms with van der Waals surface area (Å²) in [7, 11) is 0. The molecule has 3 heteroatoms. The number of pyridine rings is 1. The van der Waals surface area contributed by atoms with Gasteiger partial charge >= 0.3 is 0 Å². The molecule has 2 rings (SSSR count). The Morgan fingerprint density at radius 3 is 2.75 bits per heavy atom. The van der Waals surface area contributed by atoms with Crippen LogP contribution in [0.25, 0.3) is 10.6 Å². The van der Waals surface area contributed by atoms with E-state index in [-0.39, 0.29) is 0 Å². The molecular formula is C9H6ClNS. The van der Waals surface area contributed by atoms with E-state index >= 15 is 0 Å². The van der Waals surface area contributed by atoms with Gasteiger partial charge in [0.25, 0.3) is 0 Å². The third-order valence-electron chi connectivity index (χ3n) is 1.51. The molecule has 0 N–H and O–H groups in total. The Labute approximate surface area is 79.7 Å². The van der Waals surface area contributed by atoms with Gasteiger partial charge in [-0.15, -0.1) is 11.3 Å². The Morgan fingerprint density at radius 2 is 2.17 bits per heavy atom. The van der Waals surface area contributed by atoms with Crippen molar-refractivity contribution in [1.82, 2.24) is 4.98 Å². The van der Waals surface area contributed by atoms with Crippen LogP contribution in [0.3, 0.4) is 0 Å². The molecule has 0 radical (unpaired) electrons. The summed E-state index contributed by atoms with van der Waals surface area (Å²) >= 11 is 7.55. The molecule has 0 amide bonds. The summed E-state index contributed by atoms with van der Waals surface area (Å²) in [6, 6.07) is 7.69. The number of hydrogen-bond donors (Lipinski definition) is 0. The van der Waals surface area contributed by atoms with Crippen LogP contribution in [-0.2, 0) is 0 Å². The maximum absolute atomic E-state index is 5.94. The van der Waals surface area contributed by atoms with Crippen molar-refractivity contribution in [3.8, 4) is 10.6 Å². The summed E-state index contributed by atoms with van der Waals surface area (Å²) in [6.07, 6.45) is 1.77. The van der Waals surface area contributed by atoms with E-state index in [0.29, 0.717) is 0 Å². The second-order valence-corrected chi connectivity index (χ2v) is 3.64. The van der Waals surface area contributed by atoms with Crippen molar-refractivity contribution in [2.24, 2.45) is 0 Å². The summed E-state index contributed by atoms with van der Waals surface area (Å²) in [4.78, 5) is 5.25. The molecule has 0 unspecified atom stereocenters. The van der Waals surface area contributed by atoms with Gasteiger partial charge in [-0.05, 0) is 23.6 Å². The van der Waals surface area contributed by atoms with E-state index in [4.69, 9.17) is 11.6 Å². The van der Waals surface area contributed by atoms with Gasteiger partial charge in [-0.1, -0.05) is 17.7 Å². The fourth-order valence-electron chi connectivity index (χ4n) is 0.974. The third-order valence-corrected chi connectivity index (χ3v) is 2.88. The highest BCUT2D eigenvalue weighted by atomic mass is 35.5. The fourth-order valence-corrected chi connectivity index (χ4v) is 2.10. The summed E-state index contributed by atoms with van der Waals surface area (Å²) in [5, 5.41) is 2.74. The van der Waals surface area contributed by atoms with Gasteiger partial charge in [0.05, 0.1) is 15.6 Å². The van der Waals surface area contributed by atoms with Crippen molar-refractivity contribution in [3.63, 3.8) is 0 Å². The van der Waals surface area contributed by atoms with Crippen LogP contribution in [0.5, 0.6) is 0 Å². The van der Waals surface area contributed by atoms with Gasteiger partial charge in [-0.2, -0.15) is 0 Å². The monoisotopic (exact) mass is 195 g/mol. The molecule has 2 heterocycles. The van der Waals surface area contributed by atoms with Crippen LogP contribution in [0, 0.1) is 0 Å². The second-order valence-electron chi connectivity index (χ2n) is 2.31. The minimum absolute atomic E-state index is 0.777. The Morgan fingerprint density at radius 1 is 1.25 bits per heavy atom. The van der Waals surface area contributed by atoms with E-state index in [2.05, 4.69) is 4.98 Å². The predicted molar refractivity (Wildman–Crippen MR) is 52.6 cm³/mol. The van der Waals surface area contributed by atoms with Crippen LogP contribution >= 0.6 is 22.9 Å².